The second-order valence-corrected chi connectivity index (χ2v) is 5.25. The molecule has 0 aliphatic carbocycles. The Kier molecular flexibility index (Phi) is 3.39. The normalized spacial score (nSPS) is 19.7. The van der Waals surface area contributed by atoms with E-state index in [1.54, 1.807) is 6.07 Å². The van der Waals surface area contributed by atoms with Crippen LogP contribution in [0, 0.1) is 6.92 Å². The topological polar surface area (TPSA) is 55.1 Å². The number of hydrogen-bond acceptors (Lipinski definition) is 3. The Hall–Kier alpha value is -1.16. The zero-order valence-corrected chi connectivity index (χ0v) is 10.1. The largest absolute Gasteiger partial charge is 0.381 e. The fraction of sp³-hybridized carbons (Fsp3) is 0.417. The van der Waals surface area contributed by atoms with Gasteiger partial charge in [0.2, 0.25) is 5.91 Å². The third-order valence-corrected chi connectivity index (χ3v) is 3.97. The van der Waals surface area contributed by atoms with Crippen LogP contribution in [-0.4, -0.2) is 23.5 Å². The highest BCUT2D eigenvalue weighted by Gasteiger charge is 2.16. The van der Waals surface area contributed by atoms with E-state index in [9.17, 15) is 4.79 Å². The van der Waals surface area contributed by atoms with Crippen LogP contribution in [0.1, 0.15) is 22.3 Å². The number of hydrogen-bond donors (Lipinski definition) is 2. The fourth-order valence-electron chi connectivity index (χ4n) is 1.80. The van der Waals surface area contributed by atoms with Crippen LogP contribution in [-0.2, 0) is 0 Å². The van der Waals surface area contributed by atoms with Gasteiger partial charge in [0.25, 0.3) is 0 Å². The van der Waals surface area contributed by atoms with Gasteiger partial charge in [-0.15, -0.1) is 0 Å². The van der Waals surface area contributed by atoms with Crippen LogP contribution in [0.5, 0.6) is 0 Å². The lowest BCUT2D eigenvalue weighted by molar-refractivity contribution is 0.100. The van der Waals surface area contributed by atoms with Crippen molar-refractivity contribution in [2.24, 2.45) is 5.73 Å². The molecule has 1 aliphatic heterocycles. The van der Waals surface area contributed by atoms with Crippen LogP contribution >= 0.6 is 11.8 Å². The zero-order chi connectivity index (χ0) is 11.5. The number of anilines is 1. The molecule has 3 nitrogen and oxygen atoms in total. The Morgan fingerprint density at radius 2 is 2.38 bits per heavy atom. The lowest BCUT2D eigenvalue weighted by Gasteiger charge is -2.15. The van der Waals surface area contributed by atoms with E-state index >= 15 is 0 Å². The summed E-state index contributed by atoms with van der Waals surface area (Å²) < 4.78 is 0. The van der Waals surface area contributed by atoms with Crippen molar-refractivity contribution < 1.29 is 4.79 Å². The van der Waals surface area contributed by atoms with Gasteiger partial charge in [-0.1, -0.05) is 6.07 Å². The molecule has 1 unspecified atom stereocenters. The first-order chi connectivity index (χ1) is 7.66. The molecule has 4 heteroatoms. The second-order valence-electron chi connectivity index (χ2n) is 4.10. The molecule has 86 valence electrons. The average Bonchev–Trinajstić information content (AvgIpc) is 2.73. The first-order valence-electron chi connectivity index (χ1n) is 5.41. The highest BCUT2D eigenvalue weighted by molar-refractivity contribution is 7.99. The van der Waals surface area contributed by atoms with Crippen LogP contribution in [0.25, 0.3) is 0 Å². The van der Waals surface area contributed by atoms with Crippen LogP contribution < -0.4 is 11.1 Å². The number of thioether (sulfide) groups is 1. The monoisotopic (exact) mass is 236 g/mol. The number of aryl methyl sites for hydroxylation is 1. The van der Waals surface area contributed by atoms with Crippen LogP contribution in [0.3, 0.4) is 0 Å². The Morgan fingerprint density at radius 3 is 3.00 bits per heavy atom. The molecule has 1 aromatic rings. The van der Waals surface area contributed by atoms with Gasteiger partial charge >= 0.3 is 0 Å². The number of amides is 1. The zero-order valence-electron chi connectivity index (χ0n) is 9.32. The van der Waals surface area contributed by atoms with Gasteiger partial charge in [0.1, 0.15) is 0 Å². The quantitative estimate of drug-likeness (QED) is 0.844. The molecule has 1 aromatic carbocycles. The van der Waals surface area contributed by atoms with E-state index in [0.29, 0.717) is 11.6 Å². The van der Waals surface area contributed by atoms with Crippen molar-refractivity contribution in [1.82, 2.24) is 0 Å². The molecular weight excluding hydrogens is 220 g/mol. The molecule has 1 heterocycles. The molecule has 1 saturated heterocycles. The molecule has 0 bridgehead atoms. The van der Waals surface area contributed by atoms with Gasteiger partial charge in [0.15, 0.2) is 0 Å². The van der Waals surface area contributed by atoms with Crippen molar-refractivity contribution in [1.29, 1.82) is 0 Å². The number of nitrogens with one attached hydrogen (secondary N) is 1. The molecule has 1 atom stereocenters. The number of primary amides is 1. The maximum absolute atomic E-state index is 11.1. The number of carbonyl (C=O) groups excluding carboxylic acids is 1. The van der Waals surface area contributed by atoms with E-state index in [2.05, 4.69) is 5.32 Å². The molecule has 1 aliphatic rings. The summed E-state index contributed by atoms with van der Waals surface area (Å²) in [6, 6.07) is 6.07. The molecule has 0 saturated carbocycles. The maximum atomic E-state index is 11.1. The molecule has 0 radical (unpaired) electrons. The lowest BCUT2D eigenvalue weighted by Crippen LogP contribution is -2.19. The minimum absolute atomic E-state index is 0.371. The van der Waals surface area contributed by atoms with Gasteiger partial charge in [-0.2, -0.15) is 11.8 Å². The summed E-state index contributed by atoms with van der Waals surface area (Å²) in [7, 11) is 0. The smallest absolute Gasteiger partial charge is 0.248 e. The first kappa shape index (κ1) is 11.3. The Balaban J connectivity index is 2.17. The van der Waals surface area contributed by atoms with Crippen molar-refractivity contribution in [3.05, 3.63) is 29.3 Å². The van der Waals surface area contributed by atoms with Gasteiger partial charge in [-0.05, 0) is 36.8 Å². The van der Waals surface area contributed by atoms with Crippen molar-refractivity contribution in [3.8, 4) is 0 Å². The number of benzene rings is 1. The lowest BCUT2D eigenvalue weighted by atomic mass is 10.1. The summed E-state index contributed by atoms with van der Waals surface area (Å²) >= 11 is 1.96. The third-order valence-electron chi connectivity index (χ3n) is 2.81. The van der Waals surface area contributed by atoms with Gasteiger partial charge in [0.05, 0.1) is 0 Å². The predicted octanol–water partition coefficient (Wildman–Crippen LogP) is 2.01. The van der Waals surface area contributed by atoms with E-state index in [-0.39, 0.29) is 5.91 Å². The predicted molar refractivity (Wildman–Crippen MR) is 69.0 cm³/mol. The van der Waals surface area contributed by atoms with Crippen molar-refractivity contribution >= 4 is 23.4 Å². The van der Waals surface area contributed by atoms with Crippen molar-refractivity contribution in [2.45, 2.75) is 19.4 Å². The minimum atomic E-state index is -0.371. The average molecular weight is 236 g/mol. The van der Waals surface area contributed by atoms with E-state index in [1.807, 2.05) is 30.8 Å². The molecule has 2 rings (SSSR count). The first-order valence-corrected chi connectivity index (χ1v) is 6.57. The van der Waals surface area contributed by atoms with Gasteiger partial charge < -0.3 is 11.1 Å². The van der Waals surface area contributed by atoms with Gasteiger partial charge in [-0.3, -0.25) is 4.79 Å². The summed E-state index contributed by atoms with van der Waals surface area (Å²) in [5, 5.41) is 3.48. The van der Waals surface area contributed by atoms with Crippen LogP contribution in [0.2, 0.25) is 0 Å². The van der Waals surface area contributed by atoms with Crippen LogP contribution in [0.4, 0.5) is 5.69 Å². The van der Waals surface area contributed by atoms with Gasteiger partial charge in [0, 0.05) is 23.0 Å². The number of rotatable bonds is 3. The van der Waals surface area contributed by atoms with E-state index in [0.717, 1.165) is 17.0 Å². The Bertz CT molecular complexity index is 400. The summed E-state index contributed by atoms with van der Waals surface area (Å²) in [6.45, 7) is 2.04. The van der Waals surface area contributed by atoms with Crippen molar-refractivity contribution in [2.75, 3.05) is 16.8 Å². The molecule has 1 amide bonds. The highest BCUT2D eigenvalue weighted by Crippen LogP contribution is 2.24. The van der Waals surface area contributed by atoms with E-state index in [4.69, 9.17) is 5.73 Å². The molecule has 0 aromatic heterocycles. The standard InChI is InChI=1S/C12H16N2OS/c1-8-2-3-9(12(13)15)6-11(8)14-10-4-5-16-7-10/h2-3,6,10,14H,4-5,7H2,1H3,(H2,13,15). The van der Waals surface area contributed by atoms with Crippen LogP contribution in [0.15, 0.2) is 18.2 Å². The van der Waals surface area contributed by atoms with E-state index in [1.165, 1.54) is 12.2 Å². The minimum Gasteiger partial charge on any atom is -0.381 e. The SMILES string of the molecule is Cc1ccc(C(N)=O)cc1NC1CCSC1. The summed E-state index contributed by atoms with van der Waals surface area (Å²) in [6.07, 6.45) is 1.19. The summed E-state index contributed by atoms with van der Waals surface area (Å²) in [5.74, 6) is 1.98. The highest BCUT2D eigenvalue weighted by atomic mass is 32.2. The second kappa shape index (κ2) is 4.78. The third kappa shape index (κ3) is 2.50. The number of nitrogens with two attached hydrogens (primary N) is 1. The molecular formula is C12H16N2OS. The molecule has 3 N–H and O–H groups in total. The molecule has 0 spiro atoms. The molecule has 16 heavy (non-hydrogen) atoms. The summed E-state index contributed by atoms with van der Waals surface area (Å²) in [5.41, 5.74) is 8.02. The van der Waals surface area contributed by atoms with Gasteiger partial charge in [-0.25, -0.2) is 0 Å². The molecule has 1 fully saturated rings. The summed E-state index contributed by atoms with van der Waals surface area (Å²) in [4.78, 5) is 11.1. The number of carbonyl (C=O) groups is 1. The van der Waals surface area contributed by atoms with Crippen molar-refractivity contribution in [3.63, 3.8) is 0 Å². The fourth-order valence-corrected chi connectivity index (χ4v) is 2.95. The Morgan fingerprint density at radius 1 is 1.56 bits per heavy atom. The maximum Gasteiger partial charge on any atom is 0.248 e. The van der Waals surface area contributed by atoms with E-state index < -0.39 is 0 Å². The Labute approximate surface area is 99.8 Å².